The van der Waals surface area contributed by atoms with Gasteiger partial charge in [0, 0.05) is 6.26 Å². The normalized spacial score (nSPS) is 14.5. The van der Waals surface area contributed by atoms with Gasteiger partial charge in [-0.25, -0.2) is 8.42 Å². The zero-order valence-corrected chi connectivity index (χ0v) is 10.2. The third-order valence-corrected chi connectivity index (χ3v) is 4.35. The van der Waals surface area contributed by atoms with Crippen LogP contribution in [0.25, 0.3) is 0 Å². The van der Waals surface area contributed by atoms with Crippen molar-refractivity contribution in [2.24, 2.45) is 0 Å². The Morgan fingerprint density at radius 2 is 1.21 bits per heavy atom. The summed E-state index contributed by atoms with van der Waals surface area (Å²) in [5.74, 6) is 0. The molecule has 0 spiro atoms. The van der Waals surface area contributed by atoms with Crippen molar-refractivity contribution >= 4 is 9.84 Å². The predicted molar refractivity (Wildman–Crippen MR) is 55.1 cm³/mol. The molecule has 0 saturated heterocycles. The Hall–Kier alpha value is -1.25. The second kappa shape index (κ2) is 4.39. The second-order valence-electron chi connectivity index (χ2n) is 3.81. The molecule has 0 fully saturated rings. The van der Waals surface area contributed by atoms with Crippen LogP contribution < -0.4 is 0 Å². The van der Waals surface area contributed by atoms with Gasteiger partial charge in [-0.3, -0.25) is 0 Å². The minimum Gasteiger partial charge on any atom is -0.227 e. The first-order valence-electron chi connectivity index (χ1n) is 4.74. The molecule has 0 atom stereocenters. The van der Waals surface area contributed by atoms with E-state index >= 15 is 0 Å². The van der Waals surface area contributed by atoms with E-state index in [-0.39, 0.29) is 6.26 Å². The Balaban J connectivity index is 3.87. The van der Waals surface area contributed by atoms with Crippen molar-refractivity contribution in [3.63, 3.8) is 0 Å². The van der Waals surface area contributed by atoms with Gasteiger partial charge in [-0.1, -0.05) is 30.3 Å². The fourth-order valence-corrected chi connectivity index (χ4v) is 3.20. The molecule has 0 amide bonds. The minimum atomic E-state index is -6.03. The van der Waals surface area contributed by atoms with Gasteiger partial charge in [-0.05, 0) is 5.56 Å². The molecule has 1 rings (SSSR count). The van der Waals surface area contributed by atoms with E-state index in [0.29, 0.717) is 12.1 Å². The van der Waals surface area contributed by atoms with Gasteiger partial charge in [0.25, 0.3) is 4.75 Å². The summed E-state index contributed by atoms with van der Waals surface area (Å²) in [6, 6.07) is 3.98. The van der Waals surface area contributed by atoms with E-state index in [2.05, 4.69) is 0 Å². The van der Waals surface area contributed by atoms with Crippen molar-refractivity contribution in [2.75, 3.05) is 6.26 Å². The fraction of sp³-hybridized carbons (Fsp3) is 0.400. The molecule has 1 aromatic carbocycles. The number of sulfone groups is 1. The van der Waals surface area contributed by atoms with Crippen LogP contribution in [0.15, 0.2) is 30.3 Å². The molecule has 1 aromatic rings. The Kier molecular flexibility index (Phi) is 3.66. The number of rotatable bonds is 2. The summed E-state index contributed by atoms with van der Waals surface area (Å²) in [6.07, 6.45) is -12.1. The predicted octanol–water partition coefficient (Wildman–Crippen LogP) is 3.05. The monoisotopic (exact) mass is 306 g/mol. The Morgan fingerprint density at radius 1 is 0.842 bits per heavy atom. The van der Waals surface area contributed by atoms with Gasteiger partial charge in [0.2, 0.25) is 0 Å². The number of halogens is 6. The number of hydrogen-bond acceptors (Lipinski definition) is 2. The summed E-state index contributed by atoms with van der Waals surface area (Å²) in [4.78, 5) is 0. The molecule has 0 unspecified atom stereocenters. The highest BCUT2D eigenvalue weighted by atomic mass is 32.2. The molecule has 0 aliphatic carbocycles. The van der Waals surface area contributed by atoms with Gasteiger partial charge in [0.1, 0.15) is 0 Å². The first-order valence-corrected chi connectivity index (χ1v) is 6.63. The average Bonchev–Trinajstić information content (AvgIpc) is 2.12. The summed E-state index contributed by atoms with van der Waals surface area (Å²) >= 11 is 0. The highest BCUT2D eigenvalue weighted by Crippen LogP contribution is 2.55. The maximum absolute atomic E-state index is 13.0. The zero-order chi connectivity index (χ0) is 15.1. The molecule has 9 heteroatoms. The third-order valence-electron chi connectivity index (χ3n) is 2.53. The number of hydrogen-bond donors (Lipinski definition) is 0. The summed E-state index contributed by atoms with van der Waals surface area (Å²) in [7, 11) is -5.54. The van der Waals surface area contributed by atoms with E-state index in [1.807, 2.05) is 0 Å². The molecular weight excluding hydrogens is 298 g/mol. The van der Waals surface area contributed by atoms with Crippen molar-refractivity contribution in [3.05, 3.63) is 35.9 Å². The van der Waals surface area contributed by atoms with Crippen molar-refractivity contribution < 1.29 is 34.8 Å². The maximum atomic E-state index is 13.0. The highest BCUT2D eigenvalue weighted by Gasteiger charge is 2.78. The van der Waals surface area contributed by atoms with Crippen molar-refractivity contribution in [1.82, 2.24) is 0 Å². The summed E-state index contributed by atoms with van der Waals surface area (Å²) in [6.45, 7) is 0. The first-order chi connectivity index (χ1) is 8.36. The van der Waals surface area contributed by atoms with Gasteiger partial charge in [0.15, 0.2) is 9.84 Å². The molecule has 0 aromatic heterocycles. The van der Waals surface area contributed by atoms with Crippen molar-refractivity contribution in [1.29, 1.82) is 0 Å². The van der Waals surface area contributed by atoms with Crippen LogP contribution >= 0.6 is 0 Å². The lowest BCUT2D eigenvalue weighted by atomic mass is 9.96. The molecule has 0 aliphatic heterocycles. The van der Waals surface area contributed by atoms with Crippen molar-refractivity contribution in [2.45, 2.75) is 17.1 Å². The molecule has 0 saturated carbocycles. The van der Waals surface area contributed by atoms with Gasteiger partial charge in [0.05, 0.1) is 0 Å². The average molecular weight is 306 g/mol. The zero-order valence-electron chi connectivity index (χ0n) is 9.38. The van der Waals surface area contributed by atoms with Crippen LogP contribution in [0.1, 0.15) is 5.56 Å². The Morgan fingerprint density at radius 3 is 1.47 bits per heavy atom. The lowest BCUT2D eigenvalue weighted by molar-refractivity contribution is -0.271. The minimum absolute atomic E-state index is 0.0824. The van der Waals surface area contributed by atoms with Crippen LogP contribution in [0.2, 0.25) is 0 Å². The summed E-state index contributed by atoms with van der Waals surface area (Å²) in [5.41, 5.74) is -1.38. The third kappa shape index (κ3) is 2.31. The maximum Gasteiger partial charge on any atom is 0.421 e. The standard InChI is InChI=1S/C10H8F6O2S/c1-19(17,18)8(9(11,12)13,10(14,15)16)7-5-3-2-4-6-7/h2-6H,1H3. The Bertz CT molecular complexity index is 530. The largest absolute Gasteiger partial charge is 0.421 e. The van der Waals surface area contributed by atoms with Gasteiger partial charge in [-0.15, -0.1) is 0 Å². The molecule has 108 valence electrons. The highest BCUT2D eigenvalue weighted by molar-refractivity contribution is 7.91. The second-order valence-corrected chi connectivity index (χ2v) is 5.97. The molecule has 0 aliphatic rings. The van der Waals surface area contributed by atoms with Crippen LogP contribution in [0.5, 0.6) is 0 Å². The quantitative estimate of drug-likeness (QED) is 0.787. The van der Waals surface area contributed by atoms with Crippen LogP contribution in [-0.4, -0.2) is 27.0 Å². The van der Waals surface area contributed by atoms with E-state index in [0.717, 1.165) is 12.1 Å². The van der Waals surface area contributed by atoms with Crippen LogP contribution in [0.4, 0.5) is 26.3 Å². The molecular formula is C10H8F6O2S. The Labute approximate surface area is 105 Å². The summed E-state index contributed by atoms with van der Waals surface area (Å²) < 4.78 is 95.4. The van der Waals surface area contributed by atoms with Gasteiger partial charge < -0.3 is 0 Å². The molecule has 0 radical (unpaired) electrons. The van der Waals surface area contributed by atoms with E-state index in [1.165, 1.54) is 6.07 Å². The molecule has 2 nitrogen and oxygen atoms in total. The molecule has 19 heavy (non-hydrogen) atoms. The number of benzene rings is 1. The summed E-state index contributed by atoms with van der Waals surface area (Å²) in [5, 5.41) is 0. The topological polar surface area (TPSA) is 34.1 Å². The molecule has 0 bridgehead atoms. The van der Waals surface area contributed by atoms with Crippen LogP contribution in [0.3, 0.4) is 0 Å². The van der Waals surface area contributed by atoms with Gasteiger partial charge in [-0.2, -0.15) is 26.3 Å². The molecule has 0 heterocycles. The van der Waals surface area contributed by atoms with Crippen molar-refractivity contribution in [3.8, 4) is 0 Å². The van der Waals surface area contributed by atoms with Crippen LogP contribution in [-0.2, 0) is 14.6 Å². The first kappa shape index (κ1) is 15.8. The lowest BCUT2D eigenvalue weighted by Gasteiger charge is -2.35. The lowest BCUT2D eigenvalue weighted by Crippen LogP contribution is -2.58. The SMILES string of the molecule is CS(=O)(=O)C(c1ccccc1)(C(F)(F)F)C(F)(F)F. The van der Waals surface area contributed by atoms with E-state index in [9.17, 15) is 34.8 Å². The van der Waals surface area contributed by atoms with E-state index in [1.54, 1.807) is 0 Å². The van der Waals surface area contributed by atoms with Crippen LogP contribution in [0, 0.1) is 0 Å². The van der Waals surface area contributed by atoms with E-state index < -0.39 is 32.5 Å². The van der Waals surface area contributed by atoms with Gasteiger partial charge >= 0.3 is 12.4 Å². The molecule has 0 N–H and O–H groups in total. The smallest absolute Gasteiger partial charge is 0.227 e. The number of alkyl halides is 6. The van der Waals surface area contributed by atoms with E-state index in [4.69, 9.17) is 0 Å². The fourth-order valence-electron chi connectivity index (χ4n) is 1.80.